The van der Waals surface area contributed by atoms with Crippen LogP contribution in [0, 0.1) is 5.92 Å². The molecule has 1 unspecified atom stereocenters. The van der Waals surface area contributed by atoms with Crippen LogP contribution in [0.2, 0.25) is 18.1 Å². The highest BCUT2D eigenvalue weighted by molar-refractivity contribution is 7.96. The van der Waals surface area contributed by atoms with E-state index >= 15 is 0 Å². The van der Waals surface area contributed by atoms with E-state index in [1.165, 1.54) is 5.56 Å². The lowest BCUT2D eigenvalue weighted by atomic mass is 9.87. The van der Waals surface area contributed by atoms with E-state index in [2.05, 4.69) is 69.3 Å². The van der Waals surface area contributed by atoms with Crippen LogP contribution in [-0.2, 0) is 14.2 Å². The van der Waals surface area contributed by atoms with Crippen LogP contribution in [0.4, 0.5) is 0 Å². The maximum atomic E-state index is 13.7. The zero-order valence-electron chi connectivity index (χ0n) is 20.0. The van der Waals surface area contributed by atoms with E-state index < -0.39 is 18.0 Å². The minimum absolute atomic E-state index is 0.0176. The Morgan fingerprint density at radius 3 is 1.90 bits per heavy atom. The Morgan fingerprint density at radius 2 is 1.45 bits per heavy atom. The smallest absolute Gasteiger partial charge is 0.192 e. The number of nitrogens with zero attached hydrogens (tertiary/aromatic N) is 1. The summed E-state index contributed by atoms with van der Waals surface area (Å²) in [7, 11) is -2.81. The molecule has 31 heavy (non-hydrogen) atoms. The topological polar surface area (TPSA) is 38.7 Å². The van der Waals surface area contributed by atoms with Crippen molar-refractivity contribution < 1.29 is 8.63 Å². The molecule has 0 aliphatic carbocycles. The Morgan fingerprint density at radius 1 is 0.935 bits per heavy atom. The molecule has 0 amide bonds. The molecule has 170 valence electrons. The average molecular weight is 458 g/mol. The molecule has 5 heteroatoms. The average Bonchev–Trinajstić information content (AvgIpc) is 2.82. The largest absolute Gasteiger partial charge is 0.413 e. The Hall–Kier alpha value is -1.69. The maximum Gasteiger partial charge on any atom is 0.192 e. The molecule has 2 aromatic carbocycles. The molecular formula is C26H39NO2SSi. The molecule has 0 aliphatic heterocycles. The van der Waals surface area contributed by atoms with Crippen molar-refractivity contribution in [2.75, 3.05) is 7.05 Å². The van der Waals surface area contributed by atoms with Crippen molar-refractivity contribution in [2.24, 2.45) is 10.3 Å². The first kappa shape index (κ1) is 25.6. The summed E-state index contributed by atoms with van der Waals surface area (Å²) in [6.07, 6.45) is 2.11. The van der Waals surface area contributed by atoms with Gasteiger partial charge in [-0.15, -0.1) is 0 Å². The van der Waals surface area contributed by atoms with Crippen molar-refractivity contribution in [3.05, 3.63) is 77.7 Å². The second-order valence-electron chi connectivity index (χ2n) is 8.40. The van der Waals surface area contributed by atoms with Gasteiger partial charge >= 0.3 is 0 Å². The fourth-order valence-corrected chi connectivity index (χ4v) is 8.46. The van der Waals surface area contributed by atoms with E-state index in [0.29, 0.717) is 5.92 Å². The Labute approximate surface area is 191 Å². The fourth-order valence-electron chi connectivity index (χ4n) is 4.05. The molecule has 0 spiro atoms. The summed E-state index contributed by atoms with van der Waals surface area (Å²) in [5.41, 5.74) is 1.19. The summed E-state index contributed by atoms with van der Waals surface area (Å²) in [6, 6.07) is 23.3. The predicted molar refractivity (Wildman–Crippen MR) is 136 cm³/mol. The lowest BCUT2D eigenvalue weighted by molar-refractivity contribution is 0.123. The van der Waals surface area contributed by atoms with Gasteiger partial charge in [0.1, 0.15) is 0 Å². The number of rotatable bonds is 11. The summed E-state index contributed by atoms with van der Waals surface area (Å²) < 4.78 is 25.0. The van der Waals surface area contributed by atoms with Crippen LogP contribution in [0.1, 0.15) is 46.1 Å². The minimum Gasteiger partial charge on any atom is -0.413 e. The second-order valence-corrected chi connectivity index (χ2v) is 15.4. The predicted octanol–water partition coefficient (Wildman–Crippen LogP) is 7.49. The van der Waals surface area contributed by atoms with Gasteiger partial charge in [0.2, 0.25) is 0 Å². The van der Waals surface area contributed by atoms with Gasteiger partial charge in [0.15, 0.2) is 8.32 Å². The summed E-state index contributed by atoms with van der Waals surface area (Å²) in [5, 5.41) is 1.81. The molecule has 0 saturated heterocycles. The lowest BCUT2D eigenvalue weighted by Gasteiger charge is -2.38. The van der Waals surface area contributed by atoms with Gasteiger partial charge in [0.25, 0.3) is 0 Å². The number of hydrogen-bond acceptors (Lipinski definition) is 3. The van der Waals surface area contributed by atoms with Gasteiger partial charge in [-0.3, -0.25) is 0 Å². The first-order chi connectivity index (χ1) is 14.8. The van der Waals surface area contributed by atoms with Crippen LogP contribution in [0.25, 0.3) is 0 Å². The molecule has 2 rings (SSSR count). The standard InChI is InChI=1S/C26H39NO2SSi/c1-7-31(8-2,9-3)29-26(22(4)5)25(23-16-12-10-13-17-23)20-21-30(28,27-6)24-18-14-11-15-19-24/h10-22,25-26H,7-9H2,1-6H3/b21-20-/t25-,26-,30?/m0/s1. The second kappa shape index (κ2) is 11.8. The molecule has 0 saturated carbocycles. The molecule has 3 atom stereocenters. The molecular weight excluding hydrogens is 418 g/mol. The van der Waals surface area contributed by atoms with Crippen molar-refractivity contribution in [1.29, 1.82) is 0 Å². The first-order valence-electron chi connectivity index (χ1n) is 11.5. The van der Waals surface area contributed by atoms with E-state index in [9.17, 15) is 4.21 Å². The van der Waals surface area contributed by atoms with Crippen LogP contribution in [-0.4, -0.2) is 25.7 Å². The van der Waals surface area contributed by atoms with E-state index in [1.807, 2.05) is 41.8 Å². The van der Waals surface area contributed by atoms with Gasteiger partial charge in [-0.05, 0) is 41.7 Å². The highest BCUT2D eigenvalue weighted by Gasteiger charge is 2.36. The van der Waals surface area contributed by atoms with Crippen molar-refractivity contribution >= 4 is 18.0 Å². The van der Waals surface area contributed by atoms with E-state index in [0.717, 1.165) is 23.0 Å². The zero-order valence-corrected chi connectivity index (χ0v) is 21.8. The molecule has 2 aromatic rings. The van der Waals surface area contributed by atoms with Crippen LogP contribution >= 0.6 is 0 Å². The summed E-state index contributed by atoms with van der Waals surface area (Å²) in [4.78, 5) is 0.738. The minimum atomic E-state index is -2.63. The van der Waals surface area contributed by atoms with Gasteiger partial charge in [-0.1, -0.05) is 89.2 Å². The monoisotopic (exact) mass is 457 g/mol. The third-order valence-corrected chi connectivity index (χ3v) is 13.0. The molecule has 0 N–H and O–H groups in total. The summed E-state index contributed by atoms with van der Waals surface area (Å²) >= 11 is 0. The summed E-state index contributed by atoms with van der Waals surface area (Å²) in [5.74, 6) is 0.349. The Kier molecular flexibility index (Phi) is 9.73. The third kappa shape index (κ3) is 6.40. The van der Waals surface area contributed by atoms with E-state index in [4.69, 9.17) is 4.43 Å². The molecule has 0 radical (unpaired) electrons. The van der Waals surface area contributed by atoms with Gasteiger partial charge in [0, 0.05) is 18.4 Å². The Bertz CT molecular complexity index is 922. The molecule has 3 nitrogen and oxygen atoms in total. The molecule has 0 bridgehead atoms. The molecule has 0 aliphatic rings. The van der Waals surface area contributed by atoms with Crippen LogP contribution in [0.15, 0.2) is 81.4 Å². The van der Waals surface area contributed by atoms with Crippen LogP contribution < -0.4 is 0 Å². The zero-order chi connectivity index (χ0) is 22.9. The van der Waals surface area contributed by atoms with Gasteiger partial charge in [-0.25, -0.2) is 8.57 Å². The van der Waals surface area contributed by atoms with Gasteiger partial charge in [-0.2, -0.15) is 0 Å². The van der Waals surface area contributed by atoms with Crippen molar-refractivity contribution in [2.45, 2.75) is 69.7 Å². The van der Waals surface area contributed by atoms with Crippen LogP contribution in [0.5, 0.6) is 0 Å². The van der Waals surface area contributed by atoms with Gasteiger partial charge < -0.3 is 4.43 Å². The van der Waals surface area contributed by atoms with Crippen molar-refractivity contribution in [1.82, 2.24) is 0 Å². The quantitative estimate of drug-likeness (QED) is 0.328. The maximum absolute atomic E-state index is 13.7. The SMILES string of the molecule is CC[Si](CC)(CC)O[C@@H](C(C)C)[C@@H](/C=C\S(=O)(=NC)c1ccccc1)c1ccccc1. The molecule has 0 heterocycles. The number of benzene rings is 2. The van der Waals surface area contributed by atoms with E-state index in [-0.39, 0.29) is 12.0 Å². The molecule has 0 fully saturated rings. The van der Waals surface area contributed by atoms with Gasteiger partial charge in [0.05, 0.1) is 20.7 Å². The Balaban J connectivity index is 2.54. The highest BCUT2D eigenvalue weighted by Crippen LogP contribution is 2.35. The third-order valence-electron chi connectivity index (χ3n) is 6.34. The van der Waals surface area contributed by atoms with E-state index in [1.54, 1.807) is 7.05 Å². The van der Waals surface area contributed by atoms with Crippen molar-refractivity contribution in [3.63, 3.8) is 0 Å². The highest BCUT2D eigenvalue weighted by atomic mass is 32.2. The summed E-state index contributed by atoms with van der Waals surface area (Å²) in [6.45, 7) is 11.3. The normalized spacial score (nSPS) is 16.2. The fraction of sp³-hybridized carbons (Fsp3) is 0.462. The van der Waals surface area contributed by atoms with Crippen LogP contribution in [0.3, 0.4) is 0 Å². The first-order valence-corrected chi connectivity index (χ1v) is 15.6. The molecule has 0 aromatic heterocycles. The lowest BCUT2D eigenvalue weighted by Crippen LogP contribution is -2.43. The van der Waals surface area contributed by atoms with Crippen molar-refractivity contribution in [3.8, 4) is 0 Å². The number of hydrogen-bond donors (Lipinski definition) is 0.